The smallest absolute Gasteiger partial charge is 0.271 e. The largest absolute Gasteiger partial charge is 0.338 e. The second-order valence-electron chi connectivity index (χ2n) is 3.36. The standard InChI is InChI=1S/C8H14ClF2N5/c1-2-3-16-7(13-5-14-16)4-6(15-12)8(9,10)11/h5-6,15H,2-4,12H2,1H3. The average Bonchev–Trinajstić information content (AvgIpc) is 2.60. The first-order valence-corrected chi connectivity index (χ1v) is 5.26. The lowest BCUT2D eigenvalue weighted by molar-refractivity contribution is 0.0490. The third-order valence-corrected chi connectivity index (χ3v) is 2.38. The van der Waals surface area contributed by atoms with E-state index in [9.17, 15) is 8.78 Å². The van der Waals surface area contributed by atoms with Crippen molar-refractivity contribution in [2.75, 3.05) is 0 Å². The molecule has 1 atom stereocenters. The van der Waals surface area contributed by atoms with Crippen molar-refractivity contribution >= 4 is 11.6 Å². The maximum Gasteiger partial charge on any atom is 0.338 e. The van der Waals surface area contributed by atoms with Crippen molar-refractivity contribution in [3.8, 4) is 0 Å². The van der Waals surface area contributed by atoms with Crippen LogP contribution in [0.4, 0.5) is 8.78 Å². The van der Waals surface area contributed by atoms with Crippen LogP contribution in [-0.2, 0) is 13.0 Å². The zero-order chi connectivity index (χ0) is 12.2. The highest BCUT2D eigenvalue weighted by Gasteiger charge is 2.37. The Morgan fingerprint density at radius 1 is 1.69 bits per heavy atom. The van der Waals surface area contributed by atoms with Gasteiger partial charge in [0.05, 0.1) is 0 Å². The van der Waals surface area contributed by atoms with Gasteiger partial charge < -0.3 is 0 Å². The van der Waals surface area contributed by atoms with Crippen molar-refractivity contribution < 1.29 is 8.78 Å². The Bertz CT molecular complexity index is 324. The Hall–Kier alpha value is -0.790. The molecule has 3 N–H and O–H groups in total. The van der Waals surface area contributed by atoms with E-state index >= 15 is 0 Å². The van der Waals surface area contributed by atoms with E-state index in [4.69, 9.17) is 17.4 Å². The minimum Gasteiger partial charge on any atom is -0.271 e. The van der Waals surface area contributed by atoms with Crippen LogP contribution in [0.25, 0.3) is 0 Å². The van der Waals surface area contributed by atoms with Gasteiger partial charge in [-0.05, 0) is 18.0 Å². The first kappa shape index (κ1) is 13.3. The van der Waals surface area contributed by atoms with Crippen molar-refractivity contribution in [1.82, 2.24) is 20.2 Å². The molecule has 1 heterocycles. The fourth-order valence-corrected chi connectivity index (χ4v) is 1.44. The van der Waals surface area contributed by atoms with E-state index < -0.39 is 11.4 Å². The number of nitrogens with zero attached hydrogens (tertiary/aromatic N) is 3. The number of hydrogen-bond acceptors (Lipinski definition) is 4. The highest BCUT2D eigenvalue weighted by atomic mass is 35.5. The number of rotatable bonds is 6. The van der Waals surface area contributed by atoms with Gasteiger partial charge in [-0.3, -0.25) is 10.5 Å². The lowest BCUT2D eigenvalue weighted by Gasteiger charge is -2.20. The third kappa shape index (κ3) is 3.36. The molecule has 0 radical (unpaired) electrons. The summed E-state index contributed by atoms with van der Waals surface area (Å²) in [5, 5.41) is 0.505. The van der Waals surface area contributed by atoms with Crippen LogP contribution >= 0.6 is 11.6 Å². The van der Waals surface area contributed by atoms with Crippen LogP contribution in [-0.4, -0.2) is 26.2 Å². The molecule has 8 heteroatoms. The zero-order valence-electron chi connectivity index (χ0n) is 8.83. The molecule has 0 saturated carbocycles. The van der Waals surface area contributed by atoms with Gasteiger partial charge in [-0.1, -0.05) is 6.92 Å². The van der Waals surface area contributed by atoms with E-state index in [1.807, 2.05) is 12.3 Å². The van der Waals surface area contributed by atoms with Gasteiger partial charge >= 0.3 is 5.38 Å². The van der Waals surface area contributed by atoms with Gasteiger partial charge in [-0.2, -0.15) is 13.9 Å². The minimum absolute atomic E-state index is 0.0764. The van der Waals surface area contributed by atoms with E-state index in [0.717, 1.165) is 6.42 Å². The summed E-state index contributed by atoms with van der Waals surface area (Å²) in [5.74, 6) is 5.46. The Kier molecular flexibility index (Phi) is 4.57. The predicted octanol–water partition coefficient (Wildman–Crippen LogP) is 0.894. The maximum atomic E-state index is 12.9. The van der Waals surface area contributed by atoms with Gasteiger partial charge in [-0.15, -0.1) is 0 Å². The van der Waals surface area contributed by atoms with Crippen LogP contribution in [0.1, 0.15) is 19.2 Å². The van der Waals surface area contributed by atoms with Crippen molar-refractivity contribution in [3.05, 3.63) is 12.2 Å². The SMILES string of the molecule is CCCn1ncnc1CC(NN)C(F)(F)Cl. The third-order valence-electron chi connectivity index (χ3n) is 2.11. The van der Waals surface area contributed by atoms with Crippen molar-refractivity contribution in [2.24, 2.45) is 5.84 Å². The van der Waals surface area contributed by atoms with Gasteiger partial charge in [0.1, 0.15) is 18.2 Å². The van der Waals surface area contributed by atoms with Gasteiger partial charge in [0.25, 0.3) is 0 Å². The van der Waals surface area contributed by atoms with Crippen LogP contribution in [0.3, 0.4) is 0 Å². The number of aromatic nitrogens is 3. The molecule has 5 nitrogen and oxygen atoms in total. The average molecular weight is 254 g/mol. The molecule has 0 fully saturated rings. The number of nitrogens with two attached hydrogens (primary N) is 1. The molecule has 1 aromatic heterocycles. The molecule has 1 unspecified atom stereocenters. The molecule has 0 bridgehead atoms. The van der Waals surface area contributed by atoms with Crippen molar-refractivity contribution in [2.45, 2.75) is 37.7 Å². The normalized spacial score (nSPS) is 14.1. The molecule has 0 saturated heterocycles. The first-order valence-electron chi connectivity index (χ1n) is 4.88. The predicted molar refractivity (Wildman–Crippen MR) is 55.9 cm³/mol. The number of aryl methyl sites for hydroxylation is 1. The van der Waals surface area contributed by atoms with Crippen LogP contribution < -0.4 is 11.3 Å². The zero-order valence-corrected chi connectivity index (χ0v) is 9.58. The molecular formula is C8H14ClF2N5. The minimum atomic E-state index is -3.42. The van der Waals surface area contributed by atoms with Crippen LogP contribution in [0.5, 0.6) is 0 Å². The van der Waals surface area contributed by atoms with Crippen LogP contribution in [0, 0.1) is 0 Å². The Morgan fingerprint density at radius 3 is 2.88 bits per heavy atom. The summed E-state index contributed by atoms with van der Waals surface area (Å²) in [6, 6.07) is -1.37. The van der Waals surface area contributed by atoms with Gasteiger partial charge in [0.2, 0.25) is 0 Å². The second kappa shape index (κ2) is 5.51. The van der Waals surface area contributed by atoms with Crippen molar-refractivity contribution in [1.29, 1.82) is 0 Å². The highest BCUT2D eigenvalue weighted by Crippen LogP contribution is 2.25. The number of hydrazine groups is 1. The van der Waals surface area contributed by atoms with Crippen LogP contribution in [0.15, 0.2) is 6.33 Å². The fraction of sp³-hybridized carbons (Fsp3) is 0.750. The summed E-state index contributed by atoms with van der Waals surface area (Å²) < 4.78 is 27.3. The second-order valence-corrected chi connectivity index (χ2v) is 3.87. The van der Waals surface area contributed by atoms with E-state index in [0.29, 0.717) is 12.4 Å². The van der Waals surface area contributed by atoms with E-state index in [1.165, 1.54) is 6.33 Å². The molecule has 0 amide bonds. The molecule has 0 aliphatic heterocycles. The number of nitrogens with one attached hydrogen (secondary N) is 1. The van der Waals surface area contributed by atoms with E-state index in [-0.39, 0.29) is 6.42 Å². The molecule has 1 rings (SSSR count). The quantitative estimate of drug-likeness (QED) is 0.449. The number of halogens is 3. The van der Waals surface area contributed by atoms with Crippen LogP contribution in [0.2, 0.25) is 0 Å². The monoisotopic (exact) mass is 253 g/mol. The summed E-state index contributed by atoms with van der Waals surface area (Å²) >= 11 is 4.91. The molecule has 1 aromatic rings. The first-order chi connectivity index (χ1) is 7.49. The van der Waals surface area contributed by atoms with Crippen molar-refractivity contribution in [3.63, 3.8) is 0 Å². The Balaban J connectivity index is 2.74. The molecule has 0 aromatic carbocycles. The molecule has 92 valence electrons. The fourth-order valence-electron chi connectivity index (χ4n) is 1.30. The Labute approximate surface area is 96.9 Å². The summed E-state index contributed by atoms with van der Waals surface area (Å²) in [4.78, 5) is 3.90. The topological polar surface area (TPSA) is 68.8 Å². The van der Waals surface area contributed by atoms with Gasteiger partial charge in [0.15, 0.2) is 0 Å². The van der Waals surface area contributed by atoms with Gasteiger partial charge in [0, 0.05) is 13.0 Å². The summed E-state index contributed by atoms with van der Waals surface area (Å²) in [6.45, 7) is 2.58. The number of alkyl halides is 3. The Morgan fingerprint density at radius 2 is 2.38 bits per heavy atom. The molecule has 0 spiro atoms. The lowest BCUT2D eigenvalue weighted by Crippen LogP contribution is -2.47. The summed E-state index contributed by atoms with van der Waals surface area (Å²) in [6.07, 6.45) is 2.09. The highest BCUT2D eigenvalue weighted by molar-refractivity contribution is 6.22. The van der Waals surface area contributed by atoms with E-state index in [2.05, 4.69) is 10.1 Å². The number of hydrogen-bond donors (Lipinski definition) is 2. The lowest BCUT2D eigenvalue weighted by atomic mass is 10.2. The molecule has 0 aliphatic carbocycles. The van der Waals surface area contributed by atoms with Gasteiger partial charge in [-0.25, -0.2) is 10.4 Å². The molecule has 16 heavy (non-hydrogen) atoms. The maximum absolute atomic E-state index is 12.9. The molecule has 0 aliphatic rings. The van der Waals surface area contributed by atoms with E-state index in [1.54, 1.807) is 4.68 Å². The summed E-state index contributed by atoms with van der Waals surface area (Å²) in [7, 11) is 0. The molecular weight excluding hydrogens is 240 g/mol. The summed E-state index contributed by atoms with van der Waals surface area (Å²) in [5.41, 5.74) is 1.99.